The first-order valence-corrected chi connectivity index (χ1v) is 5.41. The first kappa shape index (κ1) is 6.73. The first-order chi connectivity index (χ1) is 4.11. The Morgan fingerprint density at radius 1 is 1.22 bits per heavy atom. The van der Waals surface area contributed by atoms with Gasteiger partial charge < -0.3 is 4.55 Å². The van der Waals surface area contributed by atoms with E-state index in [-0.39, 0.29) is 0 Å². The van der Waals surface area contributed by atoms with Gasteiger partial charge in [-0.3, -0.25) is 0 Å². The van der Waals surface area contributed by atoms with E-state index < -0.39 is 18.7 Å². The van der Waals surface area contributed by atoms with Crippen LogP contribution in [0, 0.1) is 0 Å². The molecule has 0 amide bonds. The maximum absolute atomic E-state index is 10.2. The van der Waals surface area contributed by atoms with Crippen LogP contribution in [0.25, 0.3) is 0 Å². The van der Waals surface area contributed by atoms with Gasteiger partial charge in [-0.2, -0.15) is 8.42 Å². The van der Waals surface area contributed by atoms with Gasteiger partial charge in [0.2, 0.25) is 0 Å². The van der Waals surface area contributed by atoms with Crippen LogP contribution in [-0.2, 0) is 9.15 Å². The number of thiophene rings is 1. The highest BCUT2D eigenvalue weighted by molar-refractivity contribution is 8.35. The van der Waals surface area contributed by atoms with Gasteiger partial charge in [-0.25, -0.2) is 0 Å². The quantitative estimate of drug-likeness (QED) is 0.349. The van der Waals surface area contributed by atoms with Crippen molar-refractivity contribution in [3.05, 3.63) is 22.9 Å². The van der Waals surface area contributed by atoms with Gasteiger partial charge in [-0.1, -0.05) is 0 Å². The molecule has 0 fully saturated rings. The zero-order chi connectivity index (χ0) is 6.91. The summed E-state index contributed by atoms with van der Waals surface area (Å²) in [5.41, 5.74) is 0. The number of hydrogen-bond donors (Lipinski definition) is 0. The van der Waals surface area contributed by atoms with Crippen LogP contribution in [0.15, 0.2) is 22.9 Å². The molecule has 0 saturated heterocycles. The molecule has 0 aliphatic heterocycles. The standard InChI is InChI=1S/C4H4O3S2/c5-9(6,7)8-3-1-2-4-8/h1-4H. The lowest BCUT2D eigenvalue weighted by Gasteiger charge is -1.91. The lowest BCUT2D eigenvalue weighted by atomic mass is 10.7. The summed E-state index contributed by atoms with van der Waals surface area (Å²) in [4.78, 5) is 0. The molecule has 1 heterocycles. The summed E-state index contributed by atoms with van der Waals surface area (Å²) in [6.07, 6.45) is 0. The van der Waals surface area contributed by atoms with Crippen molar-refractivity contribution in [1.82, 2.24) is 0 Å². The van der Waals surface area contributed by atoms with Crippen LogP contribution in [0.5, 0.6) is 0 Å². The van der Waals surface area contributed by atoms with E-state index in [0.29, 0.717) is 0 Å². The highest BCUT2D eigenvalue weighted by Crippen LogP contribution is 2.21. The molecule has 0 radical (unpaired) electrons. The van der Waals surface area contributed by atoms with E-state index >= 15 is 0 Å². The van der Waals surface area contributed by atoms with Crippen molar-refractivity contribution in [3.63, 3.8) is 0 Å². The van der Waals surface area contributed by atoms with Crippen molar-refractivity contribution in [1.29, 1.82) is 0 Å². The molecule has 0 aromatic carbocycles. The van der Waals surface area contributed by atoms with Crippen molar-refractivity contribution >= 4 is 18.7 Å². The van der Waals surface area contributed by atoms with Crippen LogP contribution in [0.3, 0.4) is 0 Å². The fourth-order valence-corrected chi connectivity index (χ4v) is 2.48. The third-order valence-corrected chi connectivity index (χ3v) is 4.18. The maximum Gasteiger partial charge on any atom is 0.295 e. The van der Waals surface area contributed by atoms with E-state index in [4.69, 9.17) is 0 Å². The minimum Gasteiger partial charge on any atom is -0.703 e. The van der Waals surface area contributed by atoms with E-state index in [9.17, 15) is 13.0 Å². The van der Waals surface area contributed by atoms with Gasteiger partial charge in [0.15, 0.2) is 10.8 Å². The molecule has 1 rings (SSSR count). The van der Waals surface area contributed by atoms with Gasteiger partial charge >= 0.3 is 0 Å². The second kappa shape index (κ2) is 2.09. The summed E-state index contributed by atoms with van der Waals surface area (Å²) in [6, 6.07) is 3.11. The van der Waals surface area contributed by atoms with Gasteiger partial charge in [0.1, 0.15) is 0 Å². The Labute approximate surface area is 55.1 Å². The smallest absolute Gasteiger partial charge is 0.295 e. The highest BCUT2D eigenvalue weighted by Gasteiger charge is 2.08. The first-order valence-electron chi connectivity index (χ1n) is 2.14. The number of rotatable bonds is 1. The van der Waals surface area contributed by atoms with Crippen molar-refractivity contribution in [2.24, 2.45) is 0 Å². The van der Waals surface area contributed by atoms with Gasteiger partial charge in [-0.15, -0.1) is 0 Å². The zero-order valence-electron chi connectivity index (χ0n) is 4.35. The molecule has 0 N–H and O–H groups in total. The Balaban J connectivity index is 3.20. The summed E-state index contributed by atoms with van der Waals surface area (Å²) >= 11 is 0. The second-order valence-corrected chi connectivity index (χ2v) is 5.79. The molecule has 3 nitrogen and oxygen atoms in total. The Bertz CT molecular complexity index is 271. The number of hydrogen-bond acceptors (Lipinski definition) is 3. The molecule has 50 valence electrons. The van der Waals surface area contributed by atoms with Crippen LogP contribution in [0.2, 0.25) is 0 Å². The average Bonchev–Trinajstić information content (AvgIpc) is 2.08. The molecule has 1 aromatic heterocycles. The molecule has 0 saturated carbocycles. The van der Waals surface area contributed by atoms with Crippen LogP contribution in [-0.4, -0.2) is 13.0 Å². The molecule has 0 spiro atoms. The SMILES string of the molecule is O=S(=O)([O-])[s+]1cccc1. The molecule has 0 aliphatic rings. The molecule has 5 heteroatoms. The fourth-order valence-electron chi connectivity index (χ4n) is 0.427. The van der Waals surface area contributed by atoms with E-state index in [1.165, 1.54) is 10.8 Å². The Morgan fingerprint density at radius 2 is 1.67 bits per heavy atom. The predicted molar refractivity (Wildman–Crippen MR) is 34.0 cm³/mol. The zero-order valence-corrected chi connectivity index (χ0v) is 5.98. The second-order valence-electron chi connectivity index (χ2n) is 1.39. The van der Waals surface area contributed by atoms with Gasteiger partial charge in [0.05, 0.1) is 9.50 Å². The fraction of sp³-hybridized carbons (Fsp3) is 0. The molecular formula is C4H4O3S2. The largest absolute Gasteiger partial charge is 0.703 e. The van der Waals surface area contributed by atoms with Crippen molar-refractivity contribution < 1.29 is 13.0 Å². The van der Waals surface area contributed by atoms with Crippen LogP contribution in [0.4, 0.5) is 0 Å². The average molecular weight is 164 g/mol. The summed E-state index contributed by atoms with van der Waals surface area (Å²) in [6.45, 7) is 0. The normalized spacial score (nSPS) is 11.7. The van der Waals surface area contributed by atoms with E-state index in [0.717, 1.165) is 0 Å². The molecule has 0 unspecified atom stereocenters. The van der Waals surface area contributed by atoms with E-state index in [2.05, 4.69) is 0 Å². The van der Waals surface area contributed by atoms with Crippen LogP contribution < -0.4 is 0 Å². The van der Waals surface area contributed by atoms with Gasteiger partial charge in [0, 0.05) is 0 Å². The minimum atomic E-state index is -4.10. The lowest BCUT2D eigenvalue weighted by Crippen LogP contribution is -1.87. The summed E-state index contributed by atoms with van der Waals surface area (Å²) in [7, 11) is -5.29. The maximum atomic E-state index is 10.2. The third kappa shape index (κ3) is 1.51. The van der Waals surface area contributed by atoms with Crippen LogP contribution in [0.1, 0.15) is 0 Å². The van der Waals surface area contributed by atoms with E-state index in [1.54, 1.807) is 12.1 Å². The third-order valence-electron chi connectivity index (χ3n) is 0.772. The highest BCUT2D eigenvalue weighted by atomic mass is 33.2. The van der Waals surface area contributed by atoms with Crippen molar-refractivity contribution in [3.8, 4) is 0 Å². The Hall–Kier alpha value is -0.390. The molecule has 0 bridgehead atoms. The topological polar surface area (TPSA) is 57.2 Å². The van der Waals surface area contributed by atoms with Gasteiger partial charge in [-0.05, 0) is 12.1 Å². The summed E-state index contributed by atoms with van der Waals surface area (Å²) in [5.74, 6) is 0. The van der Waals surface area contributed by atoms with E-state index in [1.807, 2.05) is 0 Å². The van der Waals surface area contributed by atoms with Crippen LogP contribution >= 0.6 is 9.50 Å². The monoisotopic (exact) mass is 164 g/mol. The molecule has 1 aromatic rings. The molecule has 0 atom stereocenters. The predicted octanol–water partition coefficient (Wildman–Crippen LogP) is 0.744. The van der Waals surface area contributed by atoms with Crippen molar-refractivity contribution in [2.75, 3.05) is 0 Å². The summed E-state index contributed by atoms with van der Waals surface area (Å²) < 4.78 is 30.6. The minimum absolute atomic E-state index is 1.19. The Kier molecular flexibility index (Phi) is 1.56. The van der Waals surface area contributed by atoms with Crippen molar-refractivity contribution in [2.45, 2.75) is 0 Å². The lowest BCUT2D eigenvalue weighted by molar-refractivity contribution is 0.481. The summed E-state index contributed by atoms with van der Waals surface area (Å²) in [5, 5.41) is 2.75. The molecule has 9 heavy (non-hydrogen) atoms. The Morgan fingerprint density at radius 3 is 1.89 bits per heavy atom. The molecular weight excluding hydrogens is 160 g/mol. The molecule has 0 aliphatic carbocycles. The van der Waals surface area contributed by atoms with Gasteiger partial charge in [0.25, 0.3) is 9.15 Å².